The van der Waals surface area contributed by atoms with Crippen molar-refractivity contribution in [2.24, 2.45) is 0 Å². The van der Waals surface area contributed by atoms with Gasteiger partial charge in [0.05, 0.1) is 0 Å². The third-order valence-corrected chi connectivity index (χ3v) is 3.79. The molecule has 1 aromatic carbocycles. The monoisotopic (exact) mass is 324 g/mol. The Bertz CT molecular complexity index is 435. The Hall–Kier alpha value is -0.800. The molecule has 19 heavy (non-hydrogen) atoms. The first-order valence-electron chi connectivity index (χ1n) is 6.66. The van der Waals surface area contributed by atoms with E-state index in [1.54, 1.807) is 0 Å². The predicted octanol–water partition coefficient (Wildman–Crippen LogP) is 4.52. The number of benzene rings is 1. The average Bonchev–Trinajstić information content (AvgIpc) is 2.34. The van der Waals surface area contributed by atoms with Crippen molar-refractivity contribution in [3.05, 3.63) is 40.9 Å². The Morgan fingerprint density at radius 1 is 1.42 bits per heavy atom. The van der Waals surface area contributed by atoms with Crippen LogP contribution in [0.15, 0.2) is 35.3 Å². The lowest BCUT2D eigenvalue weighted by atomic mass is 9.99. The van der Waals surface area contributed by atoms with E-state index in [-0.39, 0.29) is 5.54 Å². The smallest absolute Gasteiger partial charge is 0.0422 e. The fraction of sp³-hybridized carbons (Fsp3) is 0.500. The molecule has 1 N–H and O–H groups in total. The molecule has 2 nitrogen and oxygen atoms in total. The number of nitrogens with one attached hydrogen (secondary N) is 1. The van der Waals surface area contributed by atoms with Crippen molar-refractivity contribution in [3.63, 3.8) is 0 Å². The van der Waals surface area contributed by atoms with Crippen LogP contribution in [0.1, 0.15) is 39.3 Å². The molecule has 0 saturated heterocycles. The Labute approximate surface area is 126 Å². The molecule has 0 fully saturated rings. The van der Waals surface area contributed by atoms with E-state index in [1.165, 1.54) is 11.3 Å². The second-order valence-corrected chi connectivity index (χ2v) is 6.70. The number of rotatable bonds is 5. The van der Waals surface area contributed by atoms with E-state index in [0.717, 1.165) is 11.0 Å². The van der Waals surface area contributed by atoms with Crippen LogP contribution in [0.2, 0.25) is 0 Å². The van der Waals surface area contributed by atoms with E-state index in [1.807, 2.05) is 13.1 Å². The van der Waals surface area contributed by atoms with E-state index in [9.17, 15) is 0 Å². The van der Waals surface area contributed by atoms with Crippen molar-refractivity contribution >= 4 is 21.6 Å². The van der Waals surface area contributed by atoms with E-state index < -0.39 is 0 Å². The first kappa shape index (κ1) is 16.3. The zero-order valence-electron chi connectivity index (χ0n) is 12.6. The van der Waals surface area contributed by atoms with Crippen LogP contribution in [0.25, 0.3) is 0 Å². The maximum Gasteiger partial charge on any atom is 0.0422 e. The van der Waals surface area contributed by atoms with Crippen molar-refractivity contribution in [2.75, 3.05) is 18.5 Å². The Kier molecular flexibility index (Phi) is 5.63. The molecule has 1 atom stereocenters. The molecule has 3 heteroatoms. The maximum absolute atomic E-state index is 3.89. The largest absolute Gasteiger partial charge is 0.363 e. The summed E-state index contributed by atoms with van der Waals surface area (Å²) in [5.74, 6) is 0. The molecule has 0 heterocycles. The number of anilines is 1. The van der Waals surface area contributed by atoms with Gasteiger partial charge in [-0.1, -0.05) is 22.0 Å². The van der Waals surface area contributed by atoms with Gasteiger partial charge in [0.15, 0.2) is 0 Å². The van der Waals surface area contributed by atoms with Crippen molar-refractivity contribution < 1.29 is 0 Å². The second-order valence-electron chi connectivity index (χ2n) is 5.78. The summed E-state index contributed by atoms with van der Waals surface area (Å²) in [4.78, 5) is 2.38. The predicted molar refractivity (Wildman–Crippen MR) is 88.9 cm³/mol. The first-order valence-corrected chi connectivity index (χ1v) is 7.45. The van der Waals surface area contributed by atoms with Gasteiger partial charge in [-0.25, -0.2) is 0 Å². The summed E-state index contributed by atoms with van der Waals surface area (Å²) in [5, 5.41) is 3.32. The van der Waals surface area contributed by atoms with Gasteiger partial charge in [-0.2, -0.15) is 0 Å². The highest BCUT2D eigenvalue weighted by atomic mass is 79.9. The second kappa shape index (κ2) is 6.58. The van der Waals surface area contributed by atoms with Crippen LogP contribution < -0.4 is 10.2 Å². The summed E-state index contributed by atoms with van der Waals surface area (Å²) in [5.41, 5.74) is 2.62. The molecule has 0 aliphatic rings. The molecule has 0 spiro atoms. The molecule has 106 valence electrons. The highest BCUT2D eigenvalue weighted by Gasteiger charge is 2.24. The van der Waals surface area contributed by atoms with Gasteiger partial charge in [-0.15, -0.1) is 6.58 Å². The van der Waals surface area contributed by atoms with Crippen LogP contribution in [0.4, 0.5) is 5.69 Å². The van der Waals surface area contributed by atoms with Crippen LogP contribution in [-0.4, -0.2) is 19.1 Å². The lowest BCUT2D eigenvalue weighted by molar-refractivity contribution is 0.517. The molecule has 1 aromatic rings. The lowest BCUT2D eigenvalue weighted by Crippen LogP contribution is -2.42. The highest BCUT2D eigenvalue weighted by molar-refractivity contribution is 9.10. The summed E-state index contributed by atoms with van der Waals surface area (Å²) >= 11 is 3.57. The molecular weight excluding hydrogens is 300 g/mol. The lowest BCUT2D eigenvalue weighted by Gasteiger charge is -2.39. The van der Waals surface area contributed by atoms with Crippen LogP contribution in [0, 0.1) is 0 Å². The van der Waals surface area contributed by atoms with E-state index in [0.29, 0.717) is 6.04 Å². The minimum Gasteiger partial charge on any atom is -0.363 e. The Balaban J connectivity index is 3.33. The fourth-order valence-corrected chi connectivity index (χ4v) is 2.51. The number of hydrogen-bond donors (Lipinski definition) is 1. The van der Waals surface area contributed by atoms with Gasteiger partial charge in [0.2, 0.25) is 0 Å². The average molecular weight is 325 g/mol. The van der Waals surface area contributed by atoms with Crippen LogP contribution in [0.5, 0.6) is 0 Å². The van der Waals surface area contributed by atoms with Gasteiger partial charge in [0.25, 0.3) is 0 Å². The summed E-state index contributed by atoms with van der Waals surface area (Å²) in [6.45, 7) is 13.6. The number of hydrogen-bond acceptors (Lipinski definition) is 2. The highest BCUT2D eigenvalue weighted by Crippen LogP contribution is 2.33. The van der Waals surface area contributed by atoms with E-state index >= 15 is 0 Å². The summed E-state index contributed by atoms with van der Waals surface area (Å²) in [6.07, 6.45) is 1.96. The molecule has 0 radical (unpaired) electrons. The molecule has 0 aliphatic carbocycles. The van der Waals surface area contributed by atoms with Crippen molar-refractivity contribution in [1.82, 2.24) is 5.32 Å². The van der Waals surface area contributed by atoms with Crippen molar-refractivity contribution in [1.29, 1.82) is 0 Å². The van der Waals surface area contributed by atoms with Crippen LogP contribution in [0.3, 0.4) is 0 Å². The molecular formula is C16H25BrN2. The van der Waals surface area contributed by atoms with Gasteiger partial charge in [0.1, 0.15) is 0 Å². The zero-order valence-corrected chi connectivity index (χ0v) is 14.2. The van der Waals surface area contributed by atoms with Gasteiger partial charge in [-0.05, 0) is 58.5 Å². The fourth-order valence-electron chi connectivity index (χ4n) is 2.14. The number of nitrogens with zero attached hydrogens (tertiary/aromatic N) is 1. The van der Waals surface area contributed by atoms with E-state index in [4.69, 9.17) is 0 Å². The SMILES string of the molecule is C=CCN(c1ccc(Br)cc1C(C)NC)C(C)(C)C. The summed E-state index contributed by atoms with van der Waals surface area (Å²) in [7, 11) is 1.99. The van der Waals surface area contributed by atoms with Crippen molar-refractivity contribution in [2.45, 2.75) is 39.3 Å². The van der Waals surface area contributed by atoms with Crippen LogP contribution >= 0.6 is 15.9 Å². The Morgan fingerprint density at radius 2 is 2.05 bits per heavy atom. The molecule has 0 bridgehead atoms. The van der Waals surface area contributed by atoms with Crippen molar-refractivity contribution in [3.8, 4) is 0 Å². The molecule has 1 rings (SSSR count). The molecule has 0 saturated carbocycles. The maximum atomic E-state index is 3.89. The van der Waals surface area contributed by atoms with Crippen LogP contribution in [-0.2, 0) is 0 Å². The topological polar surface area (TPSA) is 15.3 Å². The standard InChI is InChI=1S/C16H25BrN2/c1-7-10-19(16(3,4)5)15-9-8-13(17)11-14(15)12(2)18-6/h7-9,11-12,18H,1,10H2,2-6H3. The normalized spacial score (nSPS) is 13.2. The minimum atomic E-state index is 0.0598. The zero-order chi connectivity index (χ0) is 14.6. The summed E-state index contributed by atoms with van der Waals surface area (Å²) < 4.78 is 1.11. The summed E-state index contributed by atoms with van der Waals surface area (Å²) in [6, 6.07) is 6.78. The van der Waals surface area contributed by atoms with E-state index in [2.05, 4.69) is 78.6 Å². The quantitative estimate of drug-likeness (QED) is 0.801. The van der Waals surface area contributed by atoms with Gasteiger partial charge in [-0.3, -0.25) is 0 Å². The third kappa shape index (κ3) is 4.08. The number of halogens is 1. The molecule has 0 amide bonds. The molecule has 0 aromatic heterocycles. The first-order chi connectivity index (χ1) is 8.81. The van der Waals surface area contributed by atoms with Gasteiger partial charge in [0, 0.05) is 28.3 Å². The minimum absolute atomic E-state index is 0.0598. The molecule has 1 unspecified atom stereocenters. The Morgan fingerprint density at radius 3 is 2.53 bits per heavy atom. The molecule has 0 aliphatic heterocycles. The van der Waals surface area contributed by atoms with Gasteiger partial charge >= 0.3 is 0 Å². The van der Waals surface area contributed by atoms with Gasteiger partial charge < -0.3 is 10.2 Å². The third-order valence-electron chi connectivity index (χ3n) is 3.30.